The predicted molar refractivity (Wildman–Crippen MR) is 151 cm³/mol. The van der Waals surface area contributed by atoms with Gasteiger partial charge in [0.1, 0.15) is 13.1 Å². The van der Waals surface area contributed by atoms with Gasteiger partial charge < -0.3 is 10.0 Å². The predicted octanol–water partition coefficient (Wildman–Crippen LogP) is 2.71. The summed E-state index contributed by atoms with van der Waals surface area (Å²) in [5, 5.41) is 13.4. The van der Waals surface area contributed by atoms with Gasteiger partial charge in [0.25, 0.3) is 5.56 Å². The highest BCUT2D eigenvalue weighted by atomic mass is 16.4. The Bertz CT molecular complexity index is 1650. The standard InChI is InChI=1S/C31H30N4O5/c1-20-16-35(30(40)32-29(20)39)18-27(36)34(19-28(37)38)17-21(2)33-31(22-10-4-3-5-11-22)25-14-8-6-12-23(25)24-13-7-9-15-26(24)31/h3-16,21,33H,17-19H2,1-2H3,(H,37,38)(H,32,39,40)/t21-/m0/s1. The molecule has 5 rings (SSSR count). The van der Waals surface area contributed by atoms with E-state index in [9.17, 15) is 24.3 Å². The average molecular weight is 539 g/mol. The number of nitrogens with zero attached hydrogens (tertiary/aromatic N) is 2. The molecule has 0 unspecified atom stereocenters. The summed E-state index contributed by atoms with van der Waals surface area (Å²) in [6.07, 6.45) is 1.30. The fourth-order valence-corrected chi connectivity index (χ4v) is 5.62. The minimum absolute atomic E-state index is 0.0706. The number of carbonyl (C=O) groups excluding carboxylic acids is 1. The molecule has 0 aliphatic heterocycles. The maximum Gasteiger partial charge on any atom is 0.328 e. The van der Waals surface area contributed by atoms with E-state index in [0.717, 1.165) is 32.4 Å². The molecule has 1 heterocycles. The average Bonchev–Trinajstić information content (AvgIpc) is 3.22. The Morgan fingerprint density at radius 3 is 2.12 bits per heavy atom. The Kier molecular flexibility index (Phi) is 7.23. The number of aromatic amines is 1. The molecular weight excluding hydrogens is 508 g/mol. The van der Waals surface area contributed by atoms with Gasteiger partial charge in [0, 0.05) is 24.3 Å². The molecule has 1 aliphatic carbocycles. The number of hydrogen-bond acceptors (Lipinski definition) is 5. The summed E-state index contributed by atoms with van der Waals surface area (Å²) >= 11 is 0. The Morgan fingerprint density at radius 2 is 1.52 bits per heavy atom. The van der Waals surface area contributed by atoms with Gasteiger partial charge in [0.2, 0.25) is 5.91 Å². The maximum absolute atomic E-state index is 13.3. The zero-order valence-corrected chi connectivity index (χ0v) is 22.3. The van der Waals surface area contributed by atoms with Crippen molar-refractivity contribution < 1.29 is 14.7 Å². The number of H-pyrrole nitrogens is 1. The first-order chi connectivity index (χ1) is 19.2. The maximum atomic E-state index is 13.3. The van der Waals surface area contributed by atoms with Gasteiger partial charge in [-0.15, -0.1) is 0 Å². The van der Waals surface area contributed by atoms with E-state index in [1.807, 2.05) is 49.4 Å². The summed E-state index contributed by atoms with van der Waals surface area (Å²) < 4.78 is 1.08. The van der Waals surface area contributed by atoms with Crippen LogP contribution in [0.4, 0.5) is 0 Å². The highest BCUT2D eigenvalue weighted by Gasteiger charge is 2.45. The number of nitrogens with one attached hydrogen (secondary N) is 2. The third-order valence-corrected chi connectivity index (χ3v) is 7.29. The van der Waals surface area contributed by atoms with Crippen LogP contribution in [-0.2, 0) is 21.7 Å². The Labute approximate surface area is 230 Å². The Morgan fingerprint density at radius 1 is 0.950 bits per heavy atom. The number of carboxylic acids is 1. The van der Waals surface area contributed by atoms with E-state index in [-0.39, 0.29) is 18.2 Å². The second-order valence-electron chi connectivity index (χ2n) is 10.1. The molecule has 4 aromatic rings. The fourth-order valence-electron chi connectivity index (χ4n) is 5.62. The van der Waals surface area contributed by atoms with Crippen LogP contribution in [0.1, 0.15) is 29.2 Å². The fraction of sp³-hybridized carbons (Fsp3) is 0.226. The lowest BCUT2D eigenvalue weighted by Gasteiger charge is -2.38. The molecule has 0 spiro atoms. The highest BCUT2D eigenvalue weighted by Crippen LogP contribution is 2.50. The molecule has 9 heteroatoms. The van der Waals surface area contributed by atoms with E-state index in [0.29, 0.717) is 0 Å². The number of aromatic nitrogens is 2. The summed E-state index contributed by atoms with van der Waals surface area (Å²) in [5.74, 6) is -1.72. The molecule has 204 valence electrons. The van der Waals surface area contributed by atoms with Crippen molar-refractivity contribution in [1.29, 1.82) is 0 Å². The normalized spacial score (nSPS) is 13.8. The number of rotatable bonds is 9. The number of benzene rings is 3. The van der Waals surface area contributed by atoms with Crippen LogP contribution >= 0.6 is 0 Å². The van der Waals surface area contributed by atoms with E-state index in [2.05, 4.69) is 46.7 Å². The van der Waals surface area contributed by atoms with Crippen molar-refractivity contribution in [2.24, 2.45) is 0 Å². The molecule has 0 saturated carbocycles. The van der Waals surface area contributed by atoms with Gasteiger partial charge in [-0.25, -0.2) is 4.79 Å². The summed E-state index contributed by atoms with van der Waals surface area (Å²) in [7, 11) is 0. The van der Waals surface area contributed by atoms with Crippen molar-refractivity contribution in [3.63, 3.8) is 0 Å². The van der Waals surface area contributed by atoms with Crippen molar-refractivity contribution in [3.8, 4) is 11.1 Å². The van der Waals surface area contributed by atoms with Crippen LogP contribution in [0.2, 0.25) is 0 Å². The zero-order chi connectivity index (χ0) is 28.4. The zero-order valence-electron chi connectivity index (χ0n) is 22.3. The van der Waals surface area contributed by atoms with Crippen LogP contribution in [0.3, 0.4) is 0 Å². The lowest BCUT2D eigenvalue weighted by Crippen LogP contribution is -2.53. The molecule has 1 atom stereocenters. The molecule has 3 aromatic carbocycles. The molecule has 3 N–H and O–H groups in total. The Balaban J connectivity index is 1.50. The van der Waals surface area contributed by atoms with E-state index in [1.165, 1.54) is 18.0 Å². The number of aryl methyl sites for hydroxylation is 1. The number of carboxylic acid groups (broad SMARTS) is 1. The largest absolute Gasteiger partial charge is 0.480 e. The quantitative estimate of drug-likeness (QED) is 0.301. The number of aliphatic carboxylic acids is 1. The van der Waals surface area contributed by atoms with E-state index in [4.69, 9.17) is 0 Å². The molecule has 1 aliphatic rings. The summed E-state index contributed by atoms with van der Waals surface area (Å²) in [6, 6.07) is 26.1. The second kappa shape index (κ2) is 10.8. The van der Waals surface area contributed by atoms with E-state index >= 15 is 0 Å². The van der Waals surface area contributed by atoms with Gasteiger partial charge in [0.05, 0.1) is 5.54 Å². The van der Waals surface area contributed by atoms with Gasteiger partial charge >= 0.3 is 11.7 Å². The summed E-state index contributed by atoms with van der Waals surface area (Å²) in [6.45, 7) is 2.58. The third-order valence-electron chi connectivity index (χ3n) is 7.29. The van der Waals surface area contributed by atoms with Crippen molar-refractivity contribution in [2.75, 3.05) is 13.1 Å². The molecule has 0 radical (unpaired) electrons. The van der Waals surface area contributed by atoms with Gasteiger partial charge in [-0.05, 0) is 41.7 Å². The van der Waals surface area contributed by atoms with Gasteiger partial charge in [-0.3, -0.25) is 29.3 Å². The molecule has 40 heavy (non-hydrogen) atoms. The number of amides is 1. The van der Waals surface area contributed by atoms with Gasteiger partial charge in [0.15, 0.2) is 0 Å². The van der Waals surface area contributed by atoms with Crippen LogP contribution in [0.25, 0.3) is 11.1 Å². The molecule has 1 amide bonds. The third kappa shape index (κ3) is 4.87. The van der Waals surface area contributed by atoms with Crippen LogP contribution < -0.4 is 16.6 Å². The minimum Gasteiger partial charge on any atom is -0.480 e. The first-order valence-electron chi connectivity index (χ1n) is 13.0. The molecule has 9 nitrogen and oxygen atoms in total. The molecule has 1 aromatic heterocycles. The first-order valence-corrected chi connectivity index (χ1v) is 13.0. The summed E-state index contributed by atoms with van der Waals surface area (Å²) in [5.41, 5.74) is 3.65. The second-order valence-corrected chi connectivity index (χ2v) is 10.1. The van der Waals surface area contributed by atoms with E-state index in [1.54, 1.807) is 0 Å². The van der Waals surface area contributed by atoms with Gasteiger partial charge in [-0.2, -0.15) is 0 Å². The van der Waals surface area contributed by atoms with E-state index < -0.39 is 41.8 Å². The summed E-state index contributed by atoms with van der Waals surface area (Å²) in [4.78, 5) is 52.4. The van der Waals surface area contributed by atoms with Crippen molar-refractivity contribution in [1.82, 2.24) is 19.8 Å². The monoisotopic (exact) mass is 538 g/mol. The van der Waals surface area contributed by atoms with Crippen LogP contribution in [0, 0.1) is 6.92 Å². The minimum atomic E-state index is -1.17. The van der Waals surface area contributed by atoms with Crippen molar-refractivity contribution >= 4 is 11.9 Å². The topological polar surface area (TPSA) is 124 Å². The Hall–Kier alpha value is -4.76. The highest BCUT2D eigenvalue weighted by molar-refractivity contribution is 5.83. The molecular formula is C31H30N4O5. The van der Waals surface area contributed by atoms with Gasteiger partial charge in [-0.1, -0.05) is 78.9 Å². The van der Waals surface area contributed by atoms with Crippen LogP contribution in [-0.4, -0.2) is 50.6 Å². The molecule has 0 fully saturated rings. The van der Waals surface area contributed by atoms with Crippen LogP contribution in [0.15, 0.2) is 94.6 Å². The van der Waals surface area contributed by atoms with Crippen molar-refractivity contribution in [3.05, 3.63) is 128 Å². The SMILES string of the molecule is Cc1cn(CC(=O)N(CC(=O)O)C[C@H](C)NC2(c3ccccc3)c3ccccc3-c3ccccc32)c(=O)[nH]c1=O. The molecule has 0 bridgehead atoms. The van der Waals surface area contributed by atoms with Crippen LogP contribution in [0.5, 0.6) is 0 Å². The smallest absolute Gasteiger partial charge is 0.328 e. The lowest BCUT2D eigenvalue weighted by molar-refractivity contribution is -0.145. The van der Waals surface area contributed by atoms with Crippen molar-refractivity contribution in [2.45, 2.75) is 32.0 Å². The number of hydrogen-bond donors (Lipinski definition) is 3. The lowest BCUT2D eigenvalue weighted by atomic mass is 9.80. The first kappa shape index (κ1) is 26.8. The number of carbonyl (C=O) groups is 2. The molecule has 0 saturated heterocycles. The number of fused-ring (bicyclic) bond motifs is 3.